The first-order valence-corrected chi connectivity index (χ1v) is 8.99. The summed E-state index contributed by atoms with van der Waals surface area (Å²) in [6.45, 7) is 2.53. The predicted molar refractivity (Wildman–Crippen MR) is 108 cm³/mol. The van der Waals surface area contributed by atoms with Gasteiger partial charge in [-0.3, -0.25) is 9.59 Å². The fourth-order valence-electron chi connectivity index (χ4n) is 2.85. The SMILES string of the molecule is Cc1ccc(Cn2nccc2NC(=O)c2cc(=O)c3cc(Cl)ccc3o2)cc1. The first-order valence-electron chi connectivity index (χ1n) is 8.62. The van der Waals surface area contributed by atoms with Crippen LogP contribution in [0, 0.1) is 6.92 Å². The molecule has 0 saturated heterocycles. The quantitative estimate of drug-likeness (QED) is 0.562. The summed E-state index contributed by atoms with van der Waals surface area (Å²) in [6.07, 6.45) is 1.60. The van der Waals surface area contributed by atoms with E-state index < -0.39 is 5.91 Å². The second-order valence-corrected chi connectivity index (χ2v) is 6.87. The Kier molecular flexibility index (Phi) is 4.71. The Hall–Kier alpha value is -3.38. The molecule has 4 aromatic rings. The van der Waals surface area contributed by atoms with Crippen LogP contribution in [-0.4, -0.2) is 15.7 Å². The molecule has 0 atom stereocenters. The number of anilines is 1. The zero-order chi connectivity index (χ0) is 19.7. The molecule has 28 heavy (non-hydrogen) atoms. The maximum atomic E-state index is 12.6. The highest BCUT2D eigenvalue weighted by Crippen LogP contribution is 2.19. The molecule has 0 aliphatic heterocycles. The summed E-state index contributed by atoms with van der Waals surface area (Å²) in [5.41, 5.74) is 2.20. The molecule has 0 radical (unpaired) electrons. The minimum absolute atomic E-state index is 0.0806. The number of carbonyl (C=O) groups is 1. The van der Waals surface area contributed by atoms with Gasteiger partial charge >= 0.3 is 0 Å². The Labute approximate surface area is 165 Å². The van der Waals surface area contributed by atoms with E-state index in [2.05, 4.69) is 10.4 Å². The molecule has 0 fully saturated rings. The number of aryl methyl sites for hydroxylation is 1. The van der Waals surface area contributed by atoms with Crippen molar-refractivity contribution >= 4 is 34.3 Å². The maximum Gasteiger partial charge on any atom is 0.292 e. The van der Waals surface area contributed by atoms with E-state index in [4.69, 9.17) is 16.0 Å². The summed E-state index contributed by atoms with van der Waals surface area (Å²) in [5, 5.41) is 7.75. The van der Waals surface area contributed by atoms with Gasteiger partial charge < -0.3 is 9.73 Å². The molecule has 0 aliphatic carbocycles. The minimum Gasteiger partial charge on any atom is -0.451 e. The van der Waals surface area contributed by atoms with Crippen molar-refractivity contribution in [3.63, 3.8) is 0 Å². The average Bonchev–Trinajstić information content (AvgIpc) is 3.10. The van der Waals surface area contributed by atoms with E-state index in [1.54, 1.807) is 29.1 Å². The molecule has 7 heteroatoms. The molecule has 6 nitrogen and oxygen atoms in total. The van der Waals surface area contributed by atoms with Crippen LogP contribution in [0.3, 0.4) is 0 Å². The number of hydrogen-bond donors (Lipinski definition) is 1. The Morgan fingerprint density at radius 3 is 2.71 bits per heavy atom. The number of halogens is 1. The van der Waals surface area contributed by atoms with E-state index in [9.17, 15) is 9.59 Å². The zero-order valence-electron chi connectivity index (χ0n) is 15.0. The zero-order valence-corrected chi connectivity index (χ0v) is 15.7. The third kappa shape index (κ3) is 3.68. The third-order valence-corrected chi connectivity index (χ3v) is 4.56. The normalized spacial score (nSPS) is 10.9. The van der Waals surface area contributed by atoms with Crippen molar-refractivity contribution < 1.29 is 9.21 Å². The van der Waals surface area contributed by atoms with Crippen LogP contribution < -0.4 is 10.7 Å². The van der Waals surface area contributed by atoms with Gasteiger partial charge in [-0.1, -0.05) is 41.4 Å². The molecule has 1 amide bonds. The van der Waals surface area contributed by atoms with Crippen molar-refractivity contribution in [3.8, 4) is 0 Å². The van der Waals surface area contributed by atoms with Gasteiger partial charge in [-0.25, -0.2) is 4.68 Å². The number of benzene rings is 2. The van der Waals surface area contributed by atoms with E-state index in [0.29, 0.717) is 28.4 Å². The fraction of sp³-hybridized carbons (Fsp3) is 0.0952. The van der Waals surface area contributed by atoms with Crippen molar-refractivity contribution in [3.05, 3.63) is 92.9 Å². The monoisotopic (exact) mass is 393 g/mol. The number of hydrogen-bond acceptors (Lipinski definition) is 4. The third-order valence-electron chi connectivity index (χ3n) is 4.32. The molecule has 0 aliphatic rings. The molecular formula is C21H16ClN3O3. The Bertz CT molecular complexity index is 1230. The van der Waals surface area contributed by atoms with E-state index >= 15 is 0 Å². The van der Waals surface area contributed by atoms with E-state index in [-0.39, 0.29) is 11.2 Å². The molecule has 2 aromatic carbocycles. The van der Waals surface area contributed by atoms with Gasteiger partial charge in [0.05, 0.1) is 18.1 Å². The largest absolute Gasteiger partial charge is 0.451 e. The van der Waals surface area contributed by atoms with Crippen LogP contribution in [0.4, 0.5) is 5.82 Å². The van der Waals surface area contributed by atoms with Crippen molar-refractivity contribution in [2.75, 3.05) is 5.32 Å². The smallest absolute Gasteiger partial charge is 0.292 e. The second kappa shape index (κ2) is 7.32. The van der Waals surface area contributed by atoms with Gasteiger partial charge in [0.2, 0.25) is 0 Å². The number of rotatable bonds is 4. The van der Waals surface area contributed by atoms with Crippen LogP contribution in [0.2, 0.25) is 5.02 Å². The van der Waals surface area contributed by atoms with Gasteiger partial charge in [0, 0.05) is 17.2 Å². The van der Waals surface area contributed by atoms with E-state index in [1.807, 2.05) is 31.2 Å². The second-order valence-electron chi connectivity index (χ2n) is 6.43. The molecule has 1 N–H and O–H groups in total. The molecule has 2 aromatic heterocycles. The van der Waals surface area contributed by atoms with Crippen molar-refractivity contribution in [1.29, 1.82) is 0 Å². The highest BCUT2D eigenvalue weighted by atomic mass is 35.5. The van der Waals surface area contributed by atoms with Crippen molar-refractivity contribution in [2.24, 2.45) is 0 Å². The lowest BCUT2D eigenvalue weighted by atomic mass is 10.1. The summed E-state index contributed by atoms with van der Waals surface area (Å²) >= 11 is 5.91. The maximum absolute atomic E-state index is 12.6. The Morgan fingerprint density at radius 2 is 1.93 bits per heavy atom. The van der Waals surface area contributed by atoms with Gasteiger partial charge in [0.25, 0.3) is 5.91 Å². The molecule has 2 heterocycles. The van der Waals surface area contributed by atoms with Crippen molar-refractivity contribution in [2.45, 2.75) is 13.5 Å². The number of fused-ring (bicyclic) bond motifs is 1. The Balaban J connectivity index is 1.58. The lowest BCUT2D eigenvalue weighted by Crippen LogP contribution is -2.18. The Morgan fingerprint density at radius 1 is 1.14 bits per heavy atom. The lowest BCUT2D eigenvalue weighted by molar-refractivity contribution is 0.0996. The number of amides is 1. The van der Waals surface area contributed by atoms with E-state index in [0.717, 1.165) is 11.6 Å². The first-order chi connectivity index (χ1) is 13.5. The summed E-state index contributed by atoms with van der Waals surface area (Å²) in [6, 6.07) is 15.6. The van der Waals surface area contributed by atoms with Gasteiger partial charge in [0.15, 0.2) is 11.2 Å². The average molecular weight is 394 g/mol. The minimum atomic E-state index is -0.528. The van der Waals surface area contributed by atoms with Gasteiger partial charge in [-0.2, -0.15) is 5.10 Å². The van der Waals surface area contributed by atoms with Gasteiger partial charge in [0.1, 0.15) is 11.4 Å². The molecule has 0 spiro atoms. The van der Waals surface area contributed by atoms with E-state index in [1.165, 1.54) is 11.6 Å². The topological polar surface area (TPSA) is 77.1 Å². The van der Waals surface area contributed by atoms with Crippen LogP contribution in [0.15, 0.2) is 70.0 Å². The number of nitrogens with one attached hydrogen (secondary N) is 1. The molecular weight excluding hydrogens is 378 g/mol. The van der Waals surface area contributed by atoms with Crippen LogP contribution in [0.25, 0.3) is 11.0 Å². The van der Waals surface area contributed by atoms with Crippen molar-refractivity contribution in [1.82, 2.24) is 9.78 Å². The lowest BCUT2D eigenvalue weighted by Gasteiger charge is -2.09. The number of nitrogens with zero attached hydrogens (tertiary/aromatic N) is 2. The van der Waals surface area contributed by atoms with Crippen LogP contribution >= 0.6 is 11.6 Å². The highest BCUT2D eigenvalue weighted by molar-refractivity contribution is 6.31. The van der Waals surface area contributed by atoms with Crippen LogP contribution in [-0.2, 0) is 6.54 Å². The summed E-state index contributed by atoms with van der Waals surface area (Å²) in [7, 11) is 0. The van der Waals surface area contributed by atoms with Crippen LogP contribution in [0.5, 0.6) is 0 Å². The predicted octanol–water partition coefficient (Wildman–Crippen LogP) is 4.25. The molecule has 140 valence electrons. The highest BCUT2D eigenvalue weighted by Gasteiger charge is 2.15. The fourth-order valence-corrected chi connectivity index (χ4v) is 3.02. The van der Waals surface area contributed by atoms with Gasteiger partial charge in [-0.05, 0) is 30.7 Å². The molecule has 0 saturated carbocycles. The molecule has 0 unspecified atom stereocenters. The summed E-state index contributed by atoms with van der Waals surface area (Å²) in [4.78, 5) is 24.9. The first kappa shape index (κ1) is 18.0. The van der Waals surface area contributed by atoms with Crippen LogP contribution in [0.1, 0.15) is 21.7 Å². The molecule has 0 bridgehead atoms. The summed E-state index contributed by atoms with van der Waals surface area (Å²) in [5.74, 6) is -0.105. The number of aromatic nitrogens is 2. The molecule has 4 rings (SSSR count). The standard InChI is InChI=1S/C21H16ClN3O3/c1-13-2-4-14(5-3-13)12-25-20(8-9-23-25)24-21(27)19-11-17(26)16-10-15(22)6-7-18(16)28-19/h2-11H,12H2,1H3,(H,24,27). The van der Waals surface area contributed by atoms with Gasteiger partial charge in [-0.15, -0.1) is 0 Å². The number of carbonyl (C=O) groups excluding carboxylic acids is 1. The summed E-state index contributed by atoms with van der Waals surface area (Å²) < 4.78 is 7.25.